The molecule has 0 spiro atoms. The van der Waals surface area contributed by atoms with Gasteiger partial charge in [0.2, 0.25) is 0 Å². The molecule has 3 N–H and O–H groups in total. The topological polar surface area (TPSA) is 55.1 Å². The Hall–Kier alpha value is -1.42. The first-order valence-electron chi connectivity index (χ1n) is 7.18. The lowest BCUT2D eigenvalue weighted by Crippen LogP contribution is -2.42. The summed E-state index contributed by atoms with van der Waals surface area (Å²) in [6, 6.07) is 7.43. The summed E-state index contributed by atoms with van der Waals surface area (Å²) in [5.74, 6) is 1.30. The zero-order chi connectivity index (χ0) is 14.7. The van der Waals surface area contributed by atoms with Gasteiger partial charge in [0.25, 0.3) is 5.91 Å². The third-order valence-corrected chi connectivity index (χ3v) is 4.42. The second-order valence-electron chi connectivity index (χ2n) is 5.92. The number of hydrogen-bond donors (Lipinski definition) is 2. The zero-order valence-corrected chi connectivity index (χ0v) is 12.9. The second kappa shape index (κ2) is 6.35. The van der Waals surface area contributed by atoms with Crippen molar-refractivity contribution in [3.05, 3.63) is 35.4 Å². The van der Waals surface area contributed by atoms with Crippen LogP contribution < -0.4 is 11.1 Å². The predicted molar refractivity (Wildman–Crippen MR) is 85.8 cm³/mol. The normalized spacial score (nSPS) is 26.0. The lowest BCUT2D eigenvalue weighted by atomic mass is 9.80. The van der Waals surface area contributed by atoms with E-state index in [9.17, 15) is 4.79 Å². The molecular weight excluding hydrogens is 268 g/mol. The number of nitrogens with two attached hydrogens (primary N) is 1. The van der Waals surface area contributed by atoms with Crippen LogP contribution in [0.15, 0.2) is 24.3 Å². The minimum Gasteiger partial charge on any atom is -0.389 e. The molecule has 1 aromatic carbocycles. The van der Waals surface area contributed by atoms with Gasteiger partial charge in [0.1, 0.15) is 4.99 Å². The molecule has 3 unspecified atom stereocenters. The summed E-state index contributed by atoms with van der Waals surface area (Å²) in [4.78, 5) is 12.6. The highest BCUT2D eigenvalue weighted by Crippen LogP contribution is 2.28. The van der Waals surface area contributed by atoms with E-state index in [1.54, 1.807) is 24.3 Å². The Labute approximate surface area is 125 Å². The molecular formula is C16H22N2OS. The number of carbonyl (C=O) groups excluding carboxylic acids is 1. The van der Waals surface area contributed by atoms with Gasteiger partial charge in [-0.05, 0) is 43.2 Å². The van der Waals surface area contributed by atoms with E-state index in [2.05, 4.69) is 19.2 Å². The van der Waals surface area contributed by atoms with E-state index in [0.717, 1.165) is 17.9 Å². The van der Waals surface area contributed by atoms with Gasteiger partial charge >= 0.3 is 0 Å². The third kappa shape index (κ3) is 3.57. The molecule has 1 aliphatic rings. The van der Waals surface area contributed by atoms with Crippen molar-refractivity contribution in [2.75, 3.05) is 0 Å². The Morgan fingerprint density at radius 2 is 1.80 bits per heavy atom. The van der Waals surface area contributed by atoms with Gasteiger partial charge < -0.3 is 11.1 Å². The number of nitrogens with one attached hydrogen (secondary N) is 1. The molecule has 1 saturated carbocycles. The van der Waals surface area contributed by atoms with Gasteiger partial charge in [-0.25, -0.2) is 0 Å². The quantitative estimate of drug-likeness (QED) is 0.842. The highest BCUT2D eigenvalue weighted by Gasteiger charge is 2.26. The van der Waals surface area contributed by atoms with Crippen LogP contribution in [-0.2, 0) is 0 Å². The maximum atomic E-state index is 12.2. The minimum absolute atomic E-state index is 0.00843. The number of amides is 1. The van der Waals surface area contributed by atoms with Crippen LogP contribution in [0.3, 0.4) is 0 Å². The average Bonchev–Trinajstić information content (AvgIpc) is 2.42. The van der Waals surface area contributed by atoms with Crippen molar-refractivity contribution in [1.29, 1.82) is 0 Å². The summed E-state index contributed by atoms with van der Waals surface area (Å²) in [7, 11) is 0. The summed E-state index contributed by atoms with van der Waals surface area (Å²) >= 11 is 4.91. The van der Waals surface area contributed by atoms with Crippen LogP contribution in [0, 0.1) is 11.8 Å². The van der Waals surface area contributed by atoms with Crippen LogP contribution in [0.25, 0.3) is 0 Å². The van der Waals surface area contributed by atoms with Crippen molar-refractivity contribution in [3.63, 3.8) is 0 Å². The number of thiocarbonyl (C=S) groups is 1. The van der Waals surface area contributed by atoms with Crippen molar-refractivity contribution in [3.8, 4) is 0 Å². The summed E-state index contributed by atoms with van der Waals surface area (Å²) in [6.45, 7) is 4.50. The van der Waals surface area contributed by atoms with Crippen LogP contribution in [0.5, 0.6) is 0 Å². The van der Waals surface area contributed by atoms with E-state index in [0.29, 0.717) is 16.5 Å². The van der Waals surface area contributed by atoms with Crippen molar-refractivity contribution in [1.82, 2.24) is 5.32 Å². The summed E-state index contributed by atoms with van der Waals surface area (Å²) in [6.07, 6.45) is 3.44. The maximum Gasteiger partial charge on any atom is 0.251 e. The van der Waals surface area contributed by atoms with Crippen LogP contribution in [0.1, 0.15) is 49.0 Å². The number of hydrogen-bond acceptors (Lipinski definition) is 2. The highest BCUT2D eigenvalue weighted by atomic mass is 32.1. The fourth-order valence-electron chi connectivity index (χ4n) is 2.92. The van der Waals surface area contributed by atoms with E-state index >= 15 is 0 Å². The van der Waals surface area contributed by atoms with Crippen LogP contribution in [-0.4, -0.2) is 16.9 Å². The van der Waals surface area contributed by atoms with Gasteiger partial charge in [0, 0.05) is 17.2 Å². The van der Waals surface area contributed by atoms with E-state index in [1.807, 2.05) is 0 Å². The molecule has 0 aliphatic heterocycles. The van der Waals surface area contributed by atoms with Gasteiger partial charge in [-0.2, -0.15) is 0 Å². The van der Waals surface area contributed by atoms with E-state index in [1.165, 1.54) is 12.8 Å². The highest BCUT2D eigenvalue weighted by molar-refractivity contribution is 7.80. The monoisotopic (exact) mass is 290 g/mol. The molecule has 108 valence electrons. The van der Waals surface area contributed by atoms with Gasteiger partial charge in [-0.3, -0.25) is 4.79 Å². The van der Waals surface area contributed by atoms with Crippen molar-refractivity contribution in [2.45, 2.75) is 39.2 Å². The van der Waals surface area contributed by atoms with E-state index in [4.69, 9.17) is 18.0 Å². The first kappa shape index (κ1) is 15.0. The molecule has 1 fully saturated rings. The molecule has 0 heterocycles. The summed E-state index contributed by atoms with van der Waals surface area (Å²) in [5, 5.41) is 3.15. The SMILES string of the molecule is CC1CCC(NC(=O)c2ccc(C(N)=S)cc2)C(C)C1. The smallest absolute Gasteiger partial charge is 0.251 e. The standard InChI is InChI=1S/C16H22N2OS/c1-10-3-8-14(11(2)9-10)18-16(19)13-6-4-12(5-7-13)15(17)20/h4-7,10-11,14H,3,8-9H2,1-2H3,(H2,17,20)(H,18,19). The molecule has 0 bridgehead atoms. The fourth-order valence-corrected chi connectivity index (χ4v) is 3.05. The number of rotatable bonds is 3. The summed E-state index contributed by atoms with van der Waals surface area (Å²) in [5.41, 5.74) is 7.00. The van der Waals surface area contributed by atoms with Crippen molar-refractivity contribution >= 4 is 23.1 Å². The third-order valence-electron chi connectivity index (χ3n) is 4.18. The van der Waals surface area contributed by atoms with Crippen LogP contribution >= 0.6 is 12.2 Å². The zero-order valence-electron chi connectivity index (χ0n) is 12.1. The second-order valence-corrected chi connectivity index (χ2v) is 6.36. The van der Waals surface area contributed by atoms with E-state index in [-0.39, 0.29) is 11.9 Å². The number of carbonyl (C=O) groups is 1. The molecule has 1 aliphatic carbocycles. The van der Waals surface area contributed by atoms with Crippen molar-refractivity contribution < 1.29 is 4.79 Å². The van der Waals surface area contributed by atoms with E-state index < -0.39 is 0 Å². The fraction of sp³-hybridized carbons (Fsp3) is 0.500. The van der Waals surface area contributed by atoms with Crippen molar-refractivity contribution in [2.24, 2.45) is 17.6 Å². The molecule has 3 atom stereocenters. The Morgan fingerprint density at radius 3 is 2.35 bits per heavy atom. The number of benzene rings is 1. The Bertz CT molecular complexity index is 498. The molecule has 4 heteroatoms. The first-order chi connectivity index (χ1) is 9.47. The molecule has 0 saturated heterocycles. The Morgan fingerprint density at radius 1 is 1.20 bits per heavy atom. The lowest BCUT2D eigenvalue weighted by molar-refractivity contribution is 0.0899. The molecule has 1 aromatic rings. The van der Waals surface area contributed by atoms with Crippen LogP contribution in [0.2, 0.25) is 0 Å². The van der Waals surface area contributed by atoms with Gasteiger partial charge in [0.05, 0.1) is 0 Å². The maximum absolute atomic E-state index is 12.2. The Kier molecular flexibility index (Phi) is 4.76. The molecule has 1 amide bonds. The molecule has 3 nitrogen and oxygen atoms in total. The lowest BCUT2D eigenvalue weighted by Gasteiger charge is -2.33. The Balaban J connectivity index is 1.99. The average molecular weight is 290 g/mol. The summed E-state index contributed by atoms with van der Waals surface area (Å²) < 4.78 is 0. The predicted octanol–water partition coefficient (Wildman–Crippen LogP) is 2.88. The van der Waals surface area contributed by atoms with Crippen LogP contribution in [0.4, 0.5) is 0 Å². The molecule has 20 heavy (non-hydrogen) atoms. The van der Waals surface area contributed by atoms with Gasteiger partial charge in [-0.15, -0.1) is 0 Å². The molecule has 2 rings (SSSR count). The molecule has 0 radical (unpaired) electrons. The van der Waals surface area contributed by atoms with Gasteiger partial charge in [-0.1, -0.05) is 38.2 Å². The molecule has 0 aromatic heterocycles. The first-order valence-corrected chi connectivity index (χ1v) is 7.59. The minimum atomic E-state index is -0.00843. The van der Waals surface area contributed by atoms with Gasteiger partial charge in [0.15, 0.2) is 0 Å². The largest absolute Gasteiger partial charge is 0.389 e.